The smallest absolute Gasteiger partial charge is 0.268 e. The van der Waals surface area contributed by atoms with Crippen molar-refractivity contribution in [3.05, 3.63) is 18.0 Å². The maximum absolute atomic E-state index is 12.0. The van der Waals surface area contributed by atoms with Crippen LogP contribution < -0.4 is 10.5 Å². The van der Waals surface area contributed by atoms with E-state index in [0.717, 1.165) is 12.3 Å². The largest absolute Gasteiger partial charge is 0.356 e. The number of carbonyl (C=O) groups excluding carboxylic acids is 1. The molecular weight excluding hydrogens is 306 g/mol. The van der Waals surface area contributed by atoms with Gasteiger partial charge in [-0.1, -0.05) is 0 Å². The minimum atomic E-state index is -3.88. The Kier molecular flexibility index (Phi) is 3.43. The first kappa shape index (κ1) is 15.0. The van der Waals surface area contributed by atoms with Gasteiger partial charge in [0.15, 0.2) is 9.84 Å². The van der Waals surface area contributed by atoms with Gasteiger partial charge in [-0.15, -0.1) is 0 Å². The highest BCUT2D eigenvalue weighted by atomic mass is 32.2. The summed E-state index contributed by atoms with van der Waals surface area (Å²) < 4.78 is 45.1. The van der Waals surface area contributed by atoms with Crippen molar-refractivity contribution in [3.63, 3.8) is 0 Å². The van der Waals surface area contributed by atoms with Crippen molar-refractivity contribution in [2.45, 2.75) is 23.8 Å². The molecule has 1 aliphatic rings. The van der Waals surface area contributed by atoms with E-state index in [1.807, 2.05) is 0 Å². The van der Waals surface area contributed by atoms with Crippen LogP contribution in [0.1, 0.15) is 23.8 Å². The summed E-state index contributed by atoms with van der Waals surface area (Å²) in [6.45, 7) is 1.64. The van der Waals surface area contributed by atoms with E-state index in [1.54, 1.807) is 6.92 Å². The SMILES string of the molecule is CC1(NC(=O)c2cc(S(N)(=O)=O)c[nH]2)CCS(=O)(=O)C1. The lowest BCUT2D eigenvalue weighted by Gasteiger charge is -2.23. The zero-order chi connectivity index (χ0) is 15.2. The third kappa shape index (κ3) is 3.19. The summed E-state index contributed by atoms with van der Waals surface area (Å²) >= 11 is 0. The molecule has 0 bridgehead atoms. The minimum absolute atomic E-state index is 0.0135. The first-order valence-corrected chi connectivity index (χ1v) is 9.12. The normalized spacial score (nSPS) is 25.5. The number of hydrogen-bond acceptors (Lipinski definition) is 5. The zero-order valence-electron chi connectivity index (χ0n) is 10.7. The number of rotatable bonds is 3. The van der Waals surface area contributed by atoms with E-state index in [1.165, 1.54) is 0 Å². The number of carbonyl (C=O) groups is 1. The van der Waals surface area contributed by atoms with Crippen molar-refractivity contribution in [1.29, 1.82) is 0 Å². The van der Waals surface area contributed by atoms with Crippen molar-refractivity contribution in [3.8, 4) is 0 Å². The number of nitrogens with one attached hydrogen (secondary N) is 2. The van der Waals surface area contributed by atoms with Crippen molar-refractivity contribution >= 4 is 25.8 Å². The topological polar surface area (TPSA) is 139 Å². The molecule has 0 saturated carbocycles. The molecule has 1 amide bonds. The van der Waals surface area contributed by atoms with Gasteiger partial charge in [0.05, 0.1) is 21.9 Å². The first-order valence-electron chi connectivity index (χ1n) is 5.75. The van der Waals surface area contributed by atoms with E-state index in [2.05, 4.69) is 10.3 Å². The lowest BCUT2D eigenvalue weighted by molar-refractivity contribution is 0.0911. The molecule has 1 aromatic rings. The fraction of sp³-hybridized carbons (Fsp3) is 0.500. The maximum Gasteiger partial charge on any atom is 0.268 e. The predicted octanol–water partition coefficient (Wildman–Crippen LogP) is -1.03. The maximum atomic E-state index is 12.0. The molecule has 0 radical (unpaired) electrons. The molecule has 1 unspecified atom stereocenters. The molecular formula is C10H15N3O5S2. The number of primary sulfonamides is 1. The number of sulfonamides is 1. The van der Waals surface area contributed by atoms with E-state index in [9.17, 15) is 21.6 Å². The first-order chi connectivity index (χ1) is 9.01. The number of aromatic nitrogens is 1. The zero-order valence-corrected chi connectivity index (χ0v) is 12.3. The Morgan fingerprint density at radius 2 is 2.15 bits per heavy atom. The Balaban J connectivity index is 2.16. The molecule has 1 aromatic heterocycles. The van der Waals surface area contributed by atoms with Crippen LogP contribution in [0.4, 0.5) is 0 Å². The quantitative estimate of drug-likeness (QED) is 0.653. The third-order valence-electron chi connectivity index (χ3n) is 3.15. The highest BCUT2D eigenvalue weighted by Crippen LogP contribution is 2.23. The van der Waals surface area contributed by atoms with Gasteiger partial charge in [-0.05, 0) is 19.4 Å². The van der Waals surface area contributed by atoms with E-state index >= 15 is 0 Å². The van der Waals surface area contributed by atoms with Gasteiger partial charge in [0.1, 0.15) is 5.69 Å². The molecule has 20 heavy (non-hydrogen) atoms. The lowest BCUT2D eigenvalue weighted by atomic mass is 10.0. The predicted molar refractivity (Wildman–Crippen MR) is 71.3 cm³/mol. The van der Waals surface area contributed by atoms with Gasteiger partial charge in [-0.2, -0.15) is 0 Å². The average molecular weight is 321 g/mol. The lowest BCUT2D eigenvalue weighted by Crippen LogP contribution is -2.47. The average Bonchev–Trinajstić information content (AvgIpc) is 2.82. The number of nitrogens with two attached hydrogens (primary N) is 1. The molecule has 2 heterocycles. The Labute approximate surface area is 116 Å². The van der Waals surface area contributed by atoms with Crippen LogP contribution in [0.25, 0.3) is 0 Å². The second-order valence-corrected chi connectivity index (χ2v) is 8.90. The molecule has 1 fully saturated rings. The Hall–Kier alpha value is -1.39. The van der Waals surface area contributed by atoms with Crippen LogP contribution in [0.5, 0.6) is 0 Å². The summed E-state index contributed by atoms with van der Waals surface area (Å²) in [6.07, 6.45) is 1.43. The van der Waals surface area contributed by atoms with Gasteiger partial charge >= 0.3 is 0 Å². The summed E-state index contributed by atoms with van der Waals surface area (Å²) in [7, 11) is -7.02. The molecule has 1 aliphatic heterocycles. The van der Waals surface area contributed by atoms with Gasteiger partial charge < -0.3 is 10.3 Å². The molecule has 8 nitrogen and oxygen atoms in total. The Morgan fingerprint density at radius 1 is 1.50 bits per heavy atom. The molecule has 0 aromatic carbocycles. The molecule has 0 aliphatic carbocycles. The molecule has 112 valence electrons. The second kappa shape index (κ2) is 4.57. The van der Waals surface area contributed by atoms with Crippen LogP contribution >= 0.6 is 0 Å². The van der Waals surface area contributed by atoms with Crippen LogP contribution in [0.3, 0.4) is 0 Å². The van der Waals surface area contributed by atoms with E-state index in [0.29, 0.717) is 6.42 Å². The van der Waals surface area contributed by atoms with Gasteiger partial charge in [0.2, 0.25) is 10.0 Å². The van der Waals surface area contributed by atoms with Crippen LogP contribution in [-0.4, -0.2) is 44.8 Å². The number of H-pyrrole nitrogens is 1. The number of amides is 1. The van der Waals surface area contributed by atoms with Crippen molar-refractivity contribution in [1.82, 2.24) is 10.3 Å². The van der Waals surface area contributed by atoms with Crippen LogP contribution in [-0.2, 0) is 19.9 Å². The number of aromatic amines is 1. The Morgan fingerprint density at radius 3 is 2.60 bits per heavy atom. The van der Waals surface area contributed by atoms with Gasteiger partial charge in [-0.25, -0.2) is 22.0 Å². The molecule has 1 saturated heterocycles. The monoisotopic (exact) mass is 321 g/mol. The molecule has 0 spiro atoms. The number of hydrogen-bond donors (Lipinski definition) is 3. The summed E-state index contributed by atoms with van der Waals surface area (Å²) in [5.41, 5.74) is -0.831. The Bertz CT molecular complexity index is 750. The van der Waals surface area contributed by atoms with Crippen LogP contribution in [0.2, 0.25) is 0 Å². The van der Waals surface area contributed by atoms with Gasteiger partial charge in [-0.3, -0.25) is 4.79 Å². The summed E-state index contributed by atoms with van der Waals surface area (Å²) in [6, 6.07) is 1.11. The fourth-order valence-corrected chi connectivity index (χ4v) is 4.72. The molecule has 2 rings (SSSR count). The summed E-state index contributed by atoms with van der Waals surface area (Å²) in [5, 5.41) is 7.54. The van der Waals surface area contributed by atoms with Crippen molar-refractivity contribution in [2.75, 3.05) is 11.5 Å². The standard InChI is InChI=1S/C10H15N3O5S2/c1-10(2-3-19(15,16)6-10)13-9(14)8-4-7(5-12-8)20(11,17)18/h4-5,12H,2-3,6H2,1H3,(H,13,14)(H2,11,17,18). The molecule has 10 heteroatoms. The van der Waals surface area contributed by atoms with Crippen LogP contribution in [0.15, 0.2) is 17.2 Å². The van der Waals surface area contributed by atoms with Gasteiger partial charge in [0, 0.05) is 6.20 Å². The van der Waals surface area contributed by atoms with E-state index < -0.39 is 31.3 Å². The van der Waals surface area contributed by atoms with Gasteiger partial charge in [0.25, 0.3) is 5.91 Å². The number of sulfone groups is 1. The highest BCUT2D eigenvalue weighted by Gasteiger charge is 2.39. The molecule has 4 N–H and O–H groups in total. The third-order valence-corrected chi connectivity index (χ3v) is 5.94. The summed E-state index contributed by atoms with van der Waals surface area (Å²) in [4.78, 5) is 14.3. The fourth-order valence-electron chi connectivity index (χ4n) is 2.12. The second-order valence-electron chi connectivity index (χ2n) is 5.15. The van der Waals surface area contributed by atoms with E-state index in [-0.39, 0.29) is 22.1 Å². The van der Waals surface area contributed by atoms with Crippen molar-refractivity contribution in [2.24, 2.45) is 5.14 Å². The minimum Gasteiger partial charge on any atom is -0.356 e. The van der Waals surface area contributed by atoms with E-state index in [4.69, 9.17) is 5.14 Å². The van der Waals surface area contributed by atoms with Crippen molar-refractivity contribution < 1.29 is 21.6 Å². The molecule has 1 atom stereocenters. The summed E-state index contributed by atoms with van der Waals surface area (Å²) in [5.74, 6) is -0.676. The highest BCUT2D eigenvalue weighted by molar-refractivity contribution is 7.91. The van der Waals surface area contributed by atoms with Crippen LogP contribution in [0, 0.1) is 0 Å².